The molecule has 2 aromatic rings. The van der Waals surface area contributed by atoms with Crippen molar-refractivity contribution in [3.05, 3.63) is 74.3 Å². The van der Waals surface area contributed by atoms with E-state index < -0.39 is 11.9 Å². The van der Waals surface area contributed by atoms with Crippen molar-refractivity contribution in [2.24, 2.45) is 4.99 Å². The van der Waals surface area contributed by atoms with Gasteiger partial charge in [0.1, 0.15) is 27.9 Å². The molecule has 0 atom stereocenters. The van der Waals surface area contributed by atoms with Crippen molar-refractivity contribution in [1.29, 1.82) is 0 Å². The normalized spacial score (nSPS) is 15.6. The van der Waals surface area contributed by atoms with Crippen molar-refractivity contribution in [2.75, 3.05) is 19.8 Å². The monoisotopic (exact) mass is 545 g/mol. The number of aliphatic hydroxyl groups is 1. The van der Waals surface area contributed by atoms with Crippen LogP contribution in [0.3, 0.4) is 0 Å². The van der Waals surface area contributed by atoms with Crippen LogP contribution in [0.15, 0.2) is 68.2 Å². The van der Waals surface area contributed by atoms with Crippen molar-refractivity contribution in [1.82, 2.24) is 0 Å². The van der Waals surface area contributed by atoms with Crippen molar-refractivity contribution < 1.29 is 28.9 Å². The van der Waals surface area contributed by atoms with Gasteiger partial charge in [0.15, 0.2) is 0 Å². The number of halogens is 1. The van der Waals surface area contributed by atoms with Crippen LogP contribution in [0.4, 0.5) is 0 Å². The molecule has 1 amide bonds. The Morgan fingerprint density at radius 2 is 1.71 bits per heavy atom. The molecule has 0 saturated carbocycles. The fraction of sp³-hybridized carbons (Fsp3) is 0.240. The average Bonchev–Trinajstić information content (AvgIpc) is 3.12. The summed E-state index contributed by atoms with van der Waals surface area (Å²) in [5, 5.41) is 11.0. The van der Waals surface area contributed by atoms with Gasteiger partial charge in [0.2, 0.25) is 0 Å². The second kappa shape index (κ2) is 11.9. The van der Waals surface area contributed by atoms with E-state index in [0.29, 0.717) is 45.2 Å². The van der Waals surface area contributed by atoms with E-state index in [9.17, 15) is 14.7 Å². The highest BCUT2D eigenvalue weighted by Crippen LogP contribution is 2.42. The van der Waals surface area contributed by atoms with Gasteiger partial charge < -0.3 is 19.3 Å². The summed E-state index contributed by atoms with van der Waals surface area (Å²) in [6.45, 7) is 6.42. The maximum Gasteiger partial charge on any atom is 0.344 e. The van der Waals surface area contributed by atoms with Crippen LogP contribution in [0.25, 0.3) is 6.08 Å². The number of rotatable bonds is 8. The molecule has 0 aromatic heterocycles. The summed E-state index contributed by atoms with van der Waals surface area (Å²) < 4.78 is 17.2. The summed E-state index contributed by atoms with van der Waals surface area (Å²) in [7, 11) is 0. The number of aliphatic imine (C=N–C) groups is 1. The minimum absolute atomic E-state index is 0.0685. The molecule has 1 heterocycles. The molecule has 1 N–H and O–H groups in total. The second-order valence-corrected chi connectivity index (χ2v) is 8.71. The van der Waals surface area contributed by atoms with Crippen LogP contribution in [0.1, 0.15) is 36.7 Å². The Labute approximate surface area is 210 Å². The van der Waals surface area contributed by atoms with Gasteiger partial charge in [-0.1, -0.05) is 30.0 Å². The van der Waals surface area contributed by atoms with E-state index >= 15 is 0 Å². The Morgan fingerprint density at radius 1 is 1.03 bits per heavy atom. The number of hydrogen-bond donors (Lipinski definition) is 1. The number of thioether (sulfide) groups is 1. The highest BCUT2D eigenvalue weighted by atomic mass is 79.9. The van der Waals surface area contributed by atoms with E-state index in [4.69, 9.17) is 14.2 Å². The fourth-order valence-corrected chi connectivity index (χ4v) is 4.56. The summed E-state index contributed by atoms with van der Waals surface area (Å²) >= 11 is 4.50. The van der Waals surface area contributed by atoms with Gasteiger partial charge in [-0.05, 0) is 61.0 Å². The number of carbonyl (C=O) groups excluding carboxylic acids is 2. The van der Waals surface area contributed by atoms with Crippen LogP contribution in [0.2, 0.25) is 0 Å². The van der Waals surface area contributed by atoms with Gasteiger partial charge in [0.25, 0.3) is 5.91 Å². The zero-order valence-electron chi connectivity index (χ0n) is 19.0. The van der Waals surface area contributed by atoms with Gasteiger partial charge in [0.05, 0.1) is 29.2 Å². The second-order valence-electron chi connectivity index (χ2n) is 6.83. The Hall–Kier alpha value is -3.04. The van der Waals surface area contributed by atoms with E-state index in [-0.39, 0.29) is 23.0 Å². The summed E-state index contributed by atoms with van der Waals surface area (Å²) in [5.41, 5.74) is 0.861. The number of esters is 1. The van der Waals surface area contributed by atoms with Crippen LogP contribution < -0.4 is 9.47 Å². The van der Waals surface area contributed by atoms with Crippen molar-refractivity contribution in [3.8, 4) is 11.5 Å². The first-order chi connectivity index (χ1) is 16.4. The minimum atomic E-state index is -0.756. The average molecular weight is 546 g/mol. The van der Waals surface area contributed by atoms with Crippen LogP contribution in [0.5, 0.6) is 11.5 Å². The first kappa shape index (κ1) is 25.6. The number of amides is 1. The molecule has 0 saturated heterocycles. The number of benzene rings is 2. The van der Waals surface area contributed by atoms with Crippen molar-refractivity contribution in [2.45, 2.75) is 20.8 Å². The zero-order valence-corrected chi connectivity index (χ0v) is 21.4. The summed E-state index contributed by atoms with van der Waals surface area (Å²) in [5.74, 6) is -0.435. The molecule has 9 heteroatoms. The Bertz CT molecular complexity index is 1170. The first-order valence-corrected chi connectivity index (χ1v) is 12.3. The predicted octanol–water partition coefficient (Wildman–Crippen LogP) is 5.95. The standard InChI is InChI=1S/C25H24BrNO6S/c1-4-31-18-14-19(32-5-2)17(26)12-16(18)13-20-22(28)21(25(30)33-6-3)24(34-20)27-23(29)15-10-8-7-9-11-15/h7-14,28H,4-6H2,1-3H3/b20-13-,27-24?. The predicted molar refractivity (Wildman–Crippen MR) is 137 cm³/mol. The molecule has 0 radical (unpaired) electrons. The maximum absolute atomic E-state index is 12.7. The number of hydrogen-bond acceptors (Lipinski definition) is 7. The molecule has 1 aliphatic rings. The number of nitrogens with zero attached hydrogens (tertiary/aromatic N) is 1. The van der Waals surface area contributed by atoms with Crippen LogP contribution in [0, 0.1) is 0 Å². The van der Waals surface area contributed by atoms with Gasteiger partial charge in [-0.15, -0.1) is 0 Å². The third kappa shape index (κ3) is 5.90. The van der Waals surface area contributed by atoms with Gasteiger partial charge >= 0.3 is 5.97 Å². The highest BCUT2D eigenvalue weighted by Gasteiger charge is 2.34. The molecule has 7 nitrogen and oxygen atoms in total. The smallest absolute Gasteiger partial charge is 0.344 e. The molecule has 2 aromatic carbocycles. The van der Waals surface area contributed by atoms with E-state index in [0.717, 1.165) is 11.8 Å². The quantitative estimate of drug-likeness (QED) is 0.409. The summed E-state index contributed by atoms with van der Waals surface area (Å²) in [6.07, 6.45) is 1.67. The molecular weight excluding hydrogens is 522 g/mol. The van der Waals surface area contributed by atoms with Crippen LogP contribution in [-0.2, 0) is 9.53 Å². The molecule has 0 fully saturated rings. The van der Waals surface area contributed by atoms with E-state index in [1.165, 1.54) is 0 Å². The van der Waals surface area contributed by atoms with Gasteiger partial charge in [-0.2, -0.15) is 0 Å². The largest absolute Gasteiger partial charge is 0.506 e. The number of aliphatic hydroxyl groups excluding tert-OH is 1. The van der Waals surface area contributed by atoms with Crippen molar-refractivity contribution >= 4 is 50.7 Å². The van der Waals surface area contributed by atoms with E-state index in [2.05, 4.69) is 20.9 Å². The number of ether oxygens (including phenoxy) is 3. The molecule has 1 aliphatic heterocycles. The van der Waals surface area contributed by atoms with E-state index in [1.54, 1.807) is 55.5 Å². The molecule has 0 aliphatic carbocycles. The Kier molecular flexibility index (Phi) is 8.95. The lowest BCUT2D eigenvalue weighted by atomic mass is 10.1. The molecule has 0 spiro atoms. The molecule has 3 rings (SSSR count). The lowest BCUT2D eigenvalue weighted by molar-refractivity contribution is -0.138. The third-order valence-electron chi connectivity index (χ3n) is 4.54. The van der Waals surface area contributed by atoms with Crippen molar-refractivity contribution in [3.63, 3.8) is 0 Å². The topological polar surface area (TPSA) is 94.4 Å². The van der Waals surface area contributed by atoms with Crippen LogP contribution in [-0.4, -0.2) is 41.8 Å². The molecule has 0 unspecified atom stereocenters. The van der Waals surface area contributed by atoms with Gasteiger partial charge in [-0.25, -0.2) is 9.79 Å². The molecular formula is C25H24BrNO6S. The number of carbonyl (C=O) groups is 2. The lowest BCUT2D eigenvalue weighted by Crippen LogP contribution is -2.14. The Morgan fingerprint density at radius 3 is 2.35 bits per heavy atom. The SMILES string of the molecule is CCOC(=O)C1=C(O)/C(=C/c2cc(Br)c(OCC)cc2OCC)SC1=NC(=O)c1ccccc1. The van der Waals surface area contributed by atoms with Crippen LogP contribution >= 0.6 is 27.7 Å². The third-order valence-corrected chi connectivity index (χ3v) is 6.18. The van der Waals surface area contributed by atoms with E-state index in [1.807, 2.05) is 13.8 Å². The Balaban J connectivity index is 2.07. The minimum Gasteiger partial charge on any atom is -0.506 e. The summed E-state index contributed by atoms with van der Waals surface area (Å²) in [4.78, 5) is 29.7. The van der Waals surface area contributed by atoms with Gasteiger partial charge in [0, 0.05) is 17.2 Å². The molecule has 0 bridgehead atoms. The fourth-order valence-electron chi connectivity index (χ4n) is 3.08. The highest BCUT2D eigenvalue weighted by molar-refractivity contribution is 9.10. The zero-order chi connectivity index (χ0) is 24.7. The maximum atomic E-state index is 12.7. The van der Waals surface area contributed by atoms with Gasteiger partial charge in [-0.3, -0.25) is 4.79 Å². The first-order valence-electron chi connectivity index (χ1n) is 10.7. The molecule has 178 valence electrons. The summed E-state index contributed by atoms with van der Waals surface area (Å²) in [6, 6.07) is 12.0. The molecule has 34 heavy (non-hydrogen) atoms. The lowest BCUT2D eigenvalue weighted by Gasteiger charge is -2.13.